The van der Waals surface area contributed by atoms with Gasteiger partial charge in [-0.2, -0.15) is 0 Å². The lowest BCUT2D eigenvalue weighted by molar-refractivity contribution is 0.627. The van der Waals surface area contributed by atoms with Gasteiger partial charge in [0.25, 0.3) is 5.56 Å². The Hall–Kier alpha value is -2.01. The van der Waals surface area contributed by atoms with Crippen molar-refractivity contribution in [2.24, 2.45) is 0 Å². The van der Waals surface area contributed by atoms with Crippen molar-refractivity contribution >= 4 is 0 Å². The van der Waals surface area contributed by atoms with Crippen LogP contribution in [0, 0.1) is 12.7 Å². The molecule has 1 heterocycles. The number of rotatable bonds is 3. The van der Waals surface area contributed by atoms with Gasteiger partial charge in [-0.15, -0.1) is 0 Å². The SMILES string of the molecule is CNCc1cc(=O)[nH]c(-c2cc(C)cc(F)c2)n1. The molecule has 0 radical (unpaired) electrons. The summed E-state index contributed by atoms with van der Waals surface area (Å²) in [6, 6.07) is 5.99. The first-order chi connectivity index (χ1) is 8.58. The summed E-state index contributed by atoms with van der Waals surface area (Å²) in [6.45, 7) is 2.29. The number of nitrogens with zero attached hydrogens (tertiary/aromatic N) is 1. The van der Waals surface area contributed by atoms with Gasteiger partial charge in [0.2, 0.25) is 0 Å². The molecular weight excluding hydrogens is 233 g/mol. The highest BCUT2D eigenvalue weighted by Crippen LogP contribution is 2.17. The highest BCUT2D eigenvalue weighted by Gasteiger charge is 2.06. The lowest BCUT2D eigenvalue weighted by Crippen LogP contribution is -2.14. The number of hydrogen-bond donors (Lipinski definition) is 2. The van der Waals surface area contributed by atoms with E-state index < -0.39 is 0 Å². The molecule has 18 heavy (non-hydrogen) atoms. The van der Waals surface area contributed by atoms with Gasteiger partial charge < -0.3 is 10.3 Å². The average Bonchev–Trinajstić information content (AvgIpc) is 2.27. The van der Waals surface area contributed by atoms with Crippen molar-refractivity contribution in [2.75, 3.05) is 7.05 Å². The van der Waals surface area contributed by atoms with E-state index in [0.717, 1.165) is 5.56 Å². The normalized spacial score (nSPS) is 10.6. The molecule has 1 aromatic carbocycles. The van der Waals surface area contributed by atoms with Crippen LogP contribution in [0.3, 0.4) is 0 Å². The molecule has 5 heteroatoms. The molecule has 0 amide bonds. The summed E-state index contributed by atoms with van der Waals surface area (Å²) in [5.41, 5.74) is 1.74. The molecule has 0 aliphatic rings. The van der Waals surface area contributed by atoms with Crippen LogP contribution >= 0.6 is 0 Å². The standard InChI is InChI=1S/C13H14FN3O/c1-8-3-9(5-10(14)4-8)13-16-11(7-15-2)6-12(18)17-13/h3-6,15H,7H2,1-2H3,(H,16,17,18). The smallest absolute Gasteiger partial charge is 0.251 e. The molecule has 0 bridgehead atoms. The van der Waals surface area contributed by atoms with Gasteiger partial charge in [0.15, 0.2) is 0 Å². The Morgan fingerprint density at radius 3 is 2.78 bits per heavy atom. The second kappa shape index (κ2) is 5.10. The van der Waals surface area contributed by atoms with Crippen LogP contribution in [0.1, 0.15) is 11.3 Å². The van der Waals surface area contributed by atoms with Crippen molar-refractivity contribution in [1.29, 1.82) is 0 Å². The Morgan fingerprint density at radius 2 is 2.11 bits per heavy atom. The number of aromatic nitrogens is 2. The zero-order valence-corrected chi connectivity index (χ0v) is 10.2. The summed E-state index contributed by atoms with van der Waals surface area (Å²) in [6.07, 6.45) is 0. The van der Waals surface area contributed by atoms with Gasteiger partial charge in [-0.25, -0.2) is 9.37 Å². The molecule has 0 aliphatic carbocycles. The fraction of sp³-hybridized carbons (Fsp3) is 0.231. The molecule has 0 aliphatic heterocycles. The van der Waals surface area contributed by atoms with Gasteiger partial charge in [0.1, 0.15) is 11.6 Å². The predicted octanol–water partition coefficient (Wildman–Crippen LogP) is 1.60. The molecule has 2 aromatic rings. The Kier molecular flexibility index (Phi) is 3.53. The number of nitrogens with one attached hydrogen (secondary N) is 2. The molecule has 4 nitrogen and oxygen atoms in total. The number of H-pyrrole nitrogens is 1. The molecule has 0 atom stereocenters. The molecule has 1 aromatic heterocycles. The first-order valence-electron chi connectivity index (χ1n) is 5.61. The van der Waals surface area contributed by atoms with Crippen molar-refractivity contribution in [3.63, 3.8) is 0 Å². The maximum absolute atomic E-state index is 13.3. The van der Waals surface area contributed by atoms with E-state index >= 15 is 0 Å². The van der Waals surface area contributed by atoms with Crippen molar-refractivity contribution < 1.29 is 4.39 Å². The van der Waals surface area contributed by atoms with E-state index in [9.17, 15) is 9.18 Å². The minimum Gasteiger partial charge on any atom is -0.314 e. The summed E-state index contributed by atoms with van der Waals surface area (Å²) in [4.78, 5) is 18.4. The fourth-order valence-corrected chi connectivity index (χ4v) is 1.79. The lowest BCUT2D eigenvalue weighted by Gasteiger charge is -2.05. The van der Waals surface area contributed by atoms with Crippen LogP contribution in [-0.2, 0) is 6.54 Å². The number of hydrogen-bond acceptors (Lipinski definition) is 3. The molecule has 2 rings (SSSR count). The van der Waals surface area contributed by atoms with E-state index in [2.05, 4.69) is 15.3 Å². The van der Waals surface area contributed by atoms with Gasteiger partial charge in [0, 0.05) is 18.2 Å². The number of aromatic amines is 1. The summed E-state index contributed by atoms with van der Waals surface area (Å²) in [5.74, 6) is 0.0435. The van der Waals surface area contributed by atoms with Gasteiger partial charge in [0.05, 0.1) is 5.69 Å². The summed E-state index contributed by atoms with van der Waals surface area (Å²) in [7, 11) is 1.77. The van der Waals surface area contributed by atoms with Crippen molar-refractivity contribution in [3.05, 3.63) is 51.7 Å². The topological polar surface area (TPSA) is 57.8 Å². The third kappa shape index (κ3) is 2.81. The van der Waals surface area contributed by atoms with Gasteiger partial charge in [-0.3, -0.25) is 4.79 Å². The Bertz CT molecular complexity index is 602. The molecule has 94 valence electrons. The minimum atomic E-state index is -0.341. The van der Waals surface area contributed by atoms with Crippen LogP contribution in [0.25, 0.3) is 11.4 Å². The molecule has 0 unspecified atom stereocenters. The quantitative estimate of drug-likeness (QED) is 0.866. The Balaban J connectivity index is 2.52. The zero-order chi connectivity index (χ0) is 13.1. The van der Waals surface area contributed by atoms with E-state index in [4.69, 9.17) is 0 Å². The van der Waals surface area contributed by atoms with E-state index in [1.54, 1.807) is 20.0 Å². The van der Waals surface area contributed by atoms with Crippen LogP contribution in [0.4, 0.5) is 4.39 Å². The largest absolute Gasteiger partial charge is 0.314 e. The van der Waals surface area contributed by atoms with E-state index in [1.807, 2.05) is 0 Å². The third-order valence-electron chi connectivity index (χ3n) is 2.47. The summed E-state index contributed by atoms with van der Waals surface area (Å²) in [5, 5.41) is 2.92. The predicted molar refractivity (Wildman–Crippen MR) is 67.8 cm³/mol. The summed E-state index contributed by atoms with van der Waals surface area (Å²) < 4.78 is 13.3. The first kappa shape index (κ1) is 12.4. The number of halogens is 1. The first-order valence-corrected chi connectivity index (χ1v) is 5.61. The van der Waals surface area contributed by atoms with Gasteiger partial charge >= 0.3 is 0 Å². The Labute approximate surface area is 104 Å². The van der Waals surface area contributed by atoms with Crippen LogP contribution in [0.2, 0.25) is 0 Å². The average molecular weight is 247 g/mol. The van der Waals surface area contributed by atoms with Crippen molar-refractivity contribution in [3.8, 4) is 11.4 Å². The molecule has 0 saturated heterocycles. The molecule has 0 saturated carbocycles. The van der Waals surface area contributed by atoms with E-state index in [0.29, 0.717) is 23.6 Å². The summed E-state index contributed by atoms with van der Waals surface area (Å²) >= 11 is 0. The minimum absolute atomic E-state index is 0.243. The maximum atomic E-state index is 13.3. The van der Waals surface area contributed by atoms with Crippen LogP contribution < -0.4 is 10.9 Å². The zero-order valence-electron chi connectivity index (χ0n) is 10.2. The highest BCUT2D eigenvalue weighted by atomic mass is 19.1. The fourth-order valence-electron chi connectivity index (χ4n) is 1.79. The van der Waals surface area contributed by atoms with E-state index in [1.165, 1.54) is 18.2 Å². The van der Waals surface area contributed by atoms with E-state index in [-0.39, 0.29) is 11.4 Å². The lowest BCUT2D eigenvalue weighted by atomic mass is 10.1. The number of aryl methyl sites for hydroxylation is 1. The van der Waals surface area contributed by atoms with Crippen LogP contribution in [0.5, 0.6) is 0 Å². The maximum Gasteiger partial charge on any atom is 0.251 e. The Morgan fingerprint density at radius 1 is 1.33 bits per heavy atom. The van der Waals surface area contributed by atoms with Crippen molar-refractivity contribution in [2.45, 2.75) is 13.5 Å². The molecule has 0 spiro atoms. The highest BCUT2D eigenvalue weighted by molar-refractivity contribution is 5.56. The third-order valence-corrected chi connectivity index (χ3v) is 2.47. The molecule has 2 N–H and O–H groups in total. The van der Waals surface area contributed by atoms with Gasteiger partial charge in [-0.1, -0.05) is 0 Å². The monoisotopic (exact) mass is 247 g/mol. The van der Waals surface area contributed by atoms with Crippen molar-refractivity contribution in [1.82, 2.24) is 15.3 Å². The van der Waals surface area contributed by atoms with Crippen LogP contribution in [0.15, 0.2) is 29.1 Å². The number of benzene rings is 1. The molecular formula is C13H14FN3O. The van der Waals surface area contributed by atoms with Gasteiger partial charge in [-0.05, 0) is 37.7 Å². The van der Waals surface area contributed by atoms with Crippen LogP contribution in [-0.4, -0.2) is 17.0 Å². The second-order valence-electron chi connectivity index (χ2n) is 4.13. The second-order valence-corrected chi connectivity index (χ2v) is 4.13. The molecule has 0 fully saturated rings.